The van der Waals surface area contributed by atoms with E-state index in [1.54, 1.807) is 6.07 Å². The zero-order valence-electron chi connectivity index (χ0n) is 11.0. The quantitative estimate of drug-likeness (QED) is 0.734. The fourth-order valence-electron chi connectivity index (χ4n) is 1.93. The third kappa shape index (κ3) is 3.72. The van der Waals surface area contributed by atoms with E-state index in [2.05, 4.69) is 0 Å². The van der Waals surface area contributed by atoms with E-state index >= 15 is 0 Å². The summed E-state index contributed by atoms with van der Waals surface area (Å²) in [6.45, 7) is 2.48. The van der Waals surface area contributed by atoms with Gasteiger partial charge in [0.15, 0.2) is 0 Å². The summed E-state index contributed by atoms with van der Waals surface area (Å²) in [6, 6.07) is 2.93. The molecule has 0 bridgehead atoms. The van der Waals surface area contributed by atoms with E-state index in [0.29, 0.717) is 12.1 Å². The van der Waals surface area contributed by atoms with Crippen molar-refractivity contribution >= 4 is 5.97 Å². The molecule has 0 aliphatic rings. The molecule has 0 saturated heterocycles. The minimum Gasteiger partial charge on any atom is -0.507 e. The first-order valence-corrected chi connectivity index (χ1v) is 5.75. The molecule has 5 nitrogen and oxygen atoms in total. The Morgan fingerprint density at radius 3 is 2.56 bits per heavy atom. The number of aryl methyl sites for hydroxylation is 1. The second kappa shape index (κ2) is 5.84. The number of nitrogens with zero attached hydrogens (tertiary/aromatic N) is 1. The third-order valence-electron chi connectivity index (χ3n) is 2.64. The van der Waals surface area contributed by atoms with Crippen molar-refractivity contribution in [3.05, 3.63) is 28.8 Å². The molecule has 0 heterocycles. The van der Waals surface area contributed by atoms with Crippen molar-refractivity contribution in [3.8, 4) is 5.75 Å². The van der Waals surface area contributed by atoms with Gasteiger partial charge in [-0.3, -0.25) is 4.79 Å². The highest BCUT2D eigenvalue weighted by atomic mass is 16.4. The number of carbonyl (C=O) groups is 1. The number of rotatable bonds is 5. The maximum atomic E-state index is 10.7. The number of phenols is 1. The van der Waals surface area contributed by atoms with E-state index in [0.717, 1.165) is 11.1 Å². The van der Waals surface area contributed by atoms with E-state index in [1.807, 2.05) is 32.0 Å². The van der Waals surface area contributed by atoms with Gasteiger partial charge in [-0.25, -0.2) is 0 Å². The van der Waals surface area contributed by atoms with Crippen LogP contribution in [0, 0.1) is 6.92 Å². The molecular formula is C13H20N2O3. The van der Waals surface area contributed by atoms with Gasteiger partial charge in [-0.2, -0.15) is 0 Å². The van der Waals surface area contributed by atoms with Crippen LogP contribution in [0.3, 0.4) is 0 Å². The van der Waals surface area contributed by atoms with Crippen LogP contribution in [-0.2, 0) is 11.3 Å². The molecular weight excluding hydrogens is 232 g/mol. The summed E-state index contributed by atoms with van der Waals surface area (Å²) in [6.07, 6.45) is -0.196. The summed E-state index contributed by atoms with van der Waals surface area (Å²) in [7, 11) is 3.80. The molecule has 0 amide bonds. The number of aliphatic carboxylic acids is 1. The van der Waals surface area contributed by atoms with E-state index in [-0.39, 0.29) is 12.2 Å². The predicted molar refractivity (Wildman–Crippen MR) is 69.4 cm³/mol. The summed E-state index contributed by atoms with van der Waals surface area (Å²) in [5.41, 5.74) is 8.02. The minimum absolute atomic E-state index is 0.100. The highest BCUT2D eigenvalue weighted by molar-refractivity contribution is 5.68. The maximum Gasteiger partial charge on any atom is 0.305 e. The van der Waals surface area contributed by atoms with Crippen LogP contribution in [0.5, 0.6) is 5.75 Å². The first kappa shape index (κ1) is 14.5. The Morgan fingerprint density at radius 1 is 1.44 bits per heavy atom. The monoisotopic (exact) mass is 252 g/mol. The lowest BCUT2D eigenvalue weighted by Gasteiger charge is -2.18. The van der Waals surface area contributed by atoms with Gasteiger partial charge < -0.3 is 20.8 Å². The van der Waals surface area contributed by atoms with Gasteiger partial charge in [-0.15, -0.1) is 0 Å². The minimum atomic E-state index is -0.974. The summed E-state index contributed by atoms with van der Waals surface area (Å²) in [5, 5.41) is 18.9. The molecule has 0 fully saturated rings. The van der Waals surface area contributed by atoms with Gasteiger partial charge in [-0.05, 0) is 21.0 Å². The van der Waals surface area contributed by atoms with E-state index in [1.165, 1.54) is 0 Å². The van der Waals surface area contributed by atoms with Gasteiger partial charge in [-0.1, -0.05) is 17.7 Å². The topological polar surface area (TPSA) is 86.8 Å². The number of nitrogens with two attached hydrogens (primary N) is 1. The standard InChI is InChI=1S/C13H20N2O3/c1-8-4-9(7-15(2)3)13(18)10(5-8)11(14)6-12(16)17/h4-5,11,18H,6-7,14H2,1-3H3,(H,16,17). The van der Waals surface area contributed by atoms with Gasteiger partial charge in [0.2, 0.25) is 0 Å². The fourth-order valence-corrected chi connectivity index (χ4v) is 1.93. The molecule has 0 aromatic heterocycles. The van der Waals surface area contributed by atoms with Crippen molar-refractivity contribution in [2.75, 3.05) is 14.1 Å². The van der Waals surface area contributed by atoms with Gasteiger partial charge >= 0.3 is 5.97 Å². The molecule has 0 radical (unpaired) electrons. The molecule has 0 saturated carbocycles. The zero-order chi connectivity index (χ0) is 13.9. The Bertz CT molecular complexity index is 444. The Hall–Kier alpha value is -1.59. The fraction of sp³-hybridized carbons (Fsp3) is 0.462. The molecule has 5 heteroatoms. The Balaban J connectivity index is 3.11. The number of carboxylic acids is 1. The van der Waals surface area contributed by atoms with Crippen molar-refractivity contribution in [2.24, 2.45) is 5.73 Å². The van der Waals surface area contributed by atoms with Crippen molar-refractivity contribution < 1.29 is 15.0 Å². The number of carboxylic acid groups (broad SMARTS) is 1. The van der Waals surface area contributed by atoms with Crippen molar-refractivity contribution in [2.45, 2.75) is 25.9 Å². The van der Waals surface area contributed by atoms with Gasteiger partial charge in [0, 0.05) is 23.7 Å². The molecule has 1 aromatic carbocycles. The van der Waals surface area contributed by atoms with Crippen LogP contribution in [-0.4, -0.2) is 35.2 Å². The van der Waals surface area contributed by atoms with Gasteiger partial charge in [0.05, 0.1) is 6.42 Å². The number of hydrogen-bond acceptors (Lipinski definition) is 4. The summed E-state index contributed by atoms with van der Waals surface area (Å²) >= 11 is 0. The van der Waals surface area contributed by atoms with Crippen LogP contribution in [0.1, 0.15) is 29.2 Å². The molecule has 0 aliphatic carbocycles. The first-order chi connectivity index (χ1) is 8.31. The Labute approximate surface area is 107 Å². The molecule has 1 rings (SSSR count). The Kier molecular flexibility index (Phi) is 4.69. The average Bonchev–Trinajstić information content (AvgIpc) is 2.20. The lowest BCUT2D eigenvalue weighted by Crippen LogP contribution is -2.17. The first-order valence-electron chi connectivity index (χ1n) is 5.75. The summed E-state index contributed by atoms with van der Waals surface area (Å²) in [5.74, 6) is -0.874. The largest absolute Gasteiger partial charge is 0.507 e. The van der Waals surface area contributed by atoms with Crippen molar-refractivity contribution in [3.63, 3.8) is 0 Å². The summed E-state index contributed by atoms with van der Waals surface area (Å²) < 4.78 is 0. The van der Waals surface area contributed by atoms with Crippen LogP contribution < -0.4 is 5.73 Å². The molecule has 0 spiro atoms. The summed E-state index contributed by atoms with van der Waals surface area (Å²) in [4.78, 5) is 12.6. The second-order valence-corrected chi connectivity index (χ2v) is 4.80. The van der Waals surface area contributed by atoms with Crippen LogP contribution in [0.4, 0.5) is 0 Å². The third-order valence-corrected chi connectivity index (χ3v) is 2.64. The van der Waals surface area contributed by atoms with Crippen molar-refractivity contribution in [1.29, 1.82) is 0 Å². The second-order valence-electron chi connectivity index (χ2n) is 4.80. The van der Waals surface area contributed by atoms with Crippen LogP contribution in [0.15, 0.2) is 12.1 Å². The molecule has 1 aromatic rings. The smallest absolute Gasteiger partial charge is 0.305 e. The number of phenolic OH excluding ortho intramolecular Hbond substituents is 1. The molecule has 1 atom stereocenters. The van der Waals surface area contributed by atoms with Crippen molar-refractivity contribution in [1.82, 2.24) is 4.90 Å². The number of hydrogen-bond donors (Lipinski definition) is 3. The highest BCUT2D eigenvalue weighted by Crippen LogP contribution is 2.30. The number of aromatic hydroxyl groups is 1. The van der Waals surface area contributed by atoms with Gasteiger partial charge in [0.25, 0.3) is 0 Å². The van der Waals surface area contributed by atoms with Crippen LogP contribution >= 0.6 is 0 Å². The molecule has 1 unspecified atom stereocenters. The maximum absolute atomic E-state index is 10.7. The van der Waals surface area contributed by atoms with E-state index < -0.39 is 12.0 Å². The zero-order valence-corrected chi connectivity index (χ0v) is 11.0. The molecule has 4 N–H and O–H groups in total. The lowest BCUT2D eigenvalue weighted by molar-refractivity contribution is -0.137. The number of benzene rings is 1. The average molecular weight is 252 g/mol. The normalized spacial score (nSPS) is 12.7. The predicted octanol–water partition coefficient (Wildman–Crippen LogP) is 1.24. The molecule has 0 aliphatic heterocycles. The SMILES string of the molecule is Cc1cc(CN(C)C)c(O)c(C(N)CC(=O)O)c1. The Morgan fingerprint density at radius 2 is 2.06 bits per heavy atom. The van der Waals surface area contributed by atoms with Crippen LogP contribution in [0.2, 0.25) is 0 Å². The lowest BCUT2D eigenvalue weighted by atomic mass is 9.97. The molecule has 100 valence electrons. The van der Waals surface area contributed by atoms with Crippen LogP contribution in [0.25, 0.3) is 0 Å². The van der Waals surface area contributed by atoms with Gasteiger partial charge in [0.1, 0.15) is 5.75 Å². The van der Waals surface area contributed by atoms with E-state index in [9.17, 15) is 9.90 Å². The highest BCUT2D eigenvalue weighted by Gasteiger charge is 2.17. The molecule has 18 heavy (non-hydrogen) atoms. The van der Waals surface area contributed by atoms with E-state index in [4.69, 9.17) is 10.8 Å².